The number of aryl methyl sites for hydroxylation is 1. The van der Waals surface area contributed by atoms with Crippen molar-refractivity contribution in [1.82, 2.24) is 5.32 Å². The third-order valence-electron chi connectivity index (χ3n) is 3.44. The van der Waals surface area contributed by atoms with Crippen molar-refractivity contribution in [1.29, 1.82) is 0 Å². The van der Waals surface area contributed by atoms with Crippen LogP contribution in [0.25, 0.3) is 0 Å². The fourth-order valence-electron chi connectivity index (χ4n) is 2.40. The summed E-state index contributed by atoms with van der Waals surface area (Å²) in [6.45, 7) is 2.97. The molecule has 0 aromatic heterocycles. The summed E-state index contributed by atoms with van der Waals surface area (Å²) in [6.07, 6.45) is 4.06. The van der Waals surface area contributed by atoms with Gasteiger partial charge in [-0.2, -0.15) is 0 Å². The molecule has 1 fully saturated rings. The van der Waals surface area contributed by atoms with Crippen LogP contribution in [0.3, 0.4) is 0 Å². The highest BCUT2D eigenvalue weighted by Crippen LogP contribution is 2.21. The minimum atomic E-state index is -0.109. The van der Waals surface area contributed by atoms with Crippen LogP contribution >= 0.6 is 15.9 Å². The molecule has 1 aromatic carbocycles. The Balaban J connectivity index is 1.88. The van der Waals surface area contributed by atoms with Gasteiger partial charge in [0.1, 0.15) is 0 Å². The van der Waals surface area contributed by atoms with E-state index in [1.807, 2.05) is 0 Å². The van der Waals surface area contributed by atoms with Crippen molar-refractivity contribution in [3.63, 3.8) is 0 Å². The molecule has 3 heteroatoms. The molecule has 0 saturated heterocycles. The van der Waals surface area contributed by atoms with Gasteiger partial charge in [0, 0.05) is 17.1 Å². The summed E-state index contributed by atoms with van der Waals surface area (Å²) >= 11 is 3.59. The van der Waals surface area contributed by atoms with Crippen molar-refractivity contribution >= 4 is 15.9 Å². The van der Waals surface area contributed by atoms with Crippen LogP contribution in [0.1, 0.15) is 36.8 Å². The van der Waals surface area contributed by atoms with Crippen LogP contribution in [0.2, 0.25) is 0 Å². The van der Waals surface area contributed by atoms with Crippen molar-refractivity contribution in [2.24, 2.45) is 0 Å². The molecule has 1 aliphatic carbocycles. The van der Waals surface area contributed by atoms with Crippen LogP contribution in [0.5, 0.6) is 0 Å². The van der Waals surface area contributed by atoms with Gasteiger partial charge < -0.3 is 10.4 Å². The largest absolute Gasteiger partial charge is 0.393 e. The van der Waals surface area contributed by atoms with Gasteiger partial charge in [-0.05, 0) is 49.8 Å². The van der Waals surface area contributed by atoms with Crippen molar-refractivity contribution in [3.8, 4) is 0 Å². The standard InChI is InChI=1S/C14H20BrNO/c1-10-5-6-11(14(15)7-10)9-16-12-3-2-4-13(17)8-12/h5-7,12-13,16-17H,2-4,8-9H2,1H3. The lowest BCUT2D eigenvalue weighted by atomic mass is 9.93. The van der Waals surface area contributed by atoms with Gasteiger partial charge in [0.05, 0.1) is 6.10 Å². The Hall–Kier alpha value is -0.380. The lowest BCUT2D eigenvalue weighted by molar-refractivity contribution is 0.111. The molecule has 1 aromatic rings. The number of halogens is 1. The second-order valence-electron chi connectivity index (χ2n) is 4.99. The summed E-state index contributed by atoms with van der Waals surface area (Å²) in [7, 11) is 0. The zero-order valence-electron chi connectivity index (χ0n) is 10.2. The van der Waals surface area contributed by atoms with Crippen LogP contribution in [0, 0.1) is 6.92 Å². The zero-order valence-corrected chi connectivity index (χ0v) is 11.8. The number of nitrogens with one attached hydrogen (secondary N) is 1. The number of aliphatic hydroxyl groups is 1. The van der Waals surface area contributed by atoms with E-state index >= 15 is 0 Å². The van der Waals surface area contributed by atoms with Gasteiger partial charge in [-0.3, -0.25) is 0 Å². The molecule has 2 atom stereocenters. The maximum atomic E-state index is 9.62. The van der Waals surface area contributed by atoms with Crippen molar-refractivity contribution in [3.05, 3.63) is 33.8 Å². The van der Waals surface area contributed by atoms with E-state index in [1.165, 1.54) is 22.0 Å². The second kappa shape index (κ2) is 5.98. The molecule has 2 N–H and O–H groups in total. The lowest BCUT2D eigenvalue weighted by Gasteiger charge is -2.27. The highest BCUT2D eigenvalue weighted by molar-refractivity contribution is 9.10. The molecule has 0 bridgehead atoms. The maximum absolute atomic E-state index is 9.62. The molecule has 2 nitrogen and oxygen atoms in total. The molecule has 1 aliphatic rings. The van der Waals surface area contributed by atoms with E-state index in [1.54, 1.807) is 0 Å². The summed E-state index contributed by atoms with van der Waals surface area (Å²) in [6, 6.07) is 6.91. The first-order valence-electron chi connectivity index (χ1n) is 6.31. The number of benzene rings is 1. The smallest absolute Gasteiger partial charge is 0.0555 e. The van der Waals surface area contributed by atoms with Gasteiger partial charge >= 0.3 is 0 Å². The predicted octanol–water partition coefficient (Wildman–Crippen LogP) is 3.15. The van der Waals surface area contributed by atoms with Gasteiger partial charge in [0.2, 0.25) is 0 Å². The van der Waals surface area contributed by atoms with Crippen LogP contribution < -0.4 is 5.32 Å². The Kier molecular flexibility index (Phi) is 4.60. The van der Waals surface area contributed by atoms with E-state index in [0.29, 0.717) is 6.04 Å². The summed E-state index contributed by atoms with van der Waals surface area (Å²) in [5.41, 5.74) is 2.56. The minimum Gasteiger partial charge on any atom is -0.393 e. The Morgan fingerprint density at radius 2 is 2.24 bits per heavy atom. The molecule has 0 spiro atoms. The van der Waals surface area contributed by atoms with E-state index in [9.17, 15) is 5.11 Å². The first-order chi connectivity index (χ1) is 8.15. The van der Waals surface area contributed by atoms with Gasteiger partial charge in [0.25, 0.3) is 0 Å². The number of hydrogen-bond donors (Lipinski definition) is 2. The predicted molar refractivity (Wildman–Crippen MR) is 74.0 cm³/mol. The van der Waals surface area contributed by atoms with E-state index < -0.39 is 0 Å². The molecular weight excluding hydrogens is 278 g/mol. The molecule has 0 radical (unpaired) electrons. The minimum absolute atomic E-state index is 0.109. The molecule has 94 valence electrons. The Morgan fingerprint density at radius 3 is 2.94 bits per heavy atom. The highest BCUT2D eigenvalue weighted by atomic mass is 79.9. The van der Waals surface area contributed by atoms with Crippen molar-refractivity contribution in [2.45, 2.75) is 51.3 Å². The third-order valence-corrected chi connectivity index (χ3v) is 4.17. The molecule has 0 aliphatic heterocycles. The van der Waals surface area contributed by atoms with E-state index in [-0.39, 0.29) is 6.10 Å². The first-order valence-corrected chi connectivity index (χ1v) is 7.11. The van der Waals surface area contributed by atoms with Crippen molar-refractivity contribution in [2.75, 3.05) is 0 Å². The highest BCUT2D eigenvalue weighted by Gasteiger charge is 2.19. The molecular formula is C14H20BrNO. The maximum Gasteiger partial charge on any atom is 0.0555 e. The molecule has 0 heterocycles. The van der Waals surface area contributed by atoms with Crippen LogP contribution in [-0.4, -0.2) is 17.3 Å². The molecule has 1 saturated carbocycles. The summed E-state index contributed by atoms with van der Waals surface area (Å²) in [5, 5.41) is 13.2. The first kappa shape index (κ1) is 13.1. The second-order valence-corrected chi connectivity index (χ2v) is 5.85. The summed E-state index contributed by atoms with van der Waals surface area (Å²) in [5.74, 6) is 0. The van der Waals surface area contributed by atoms with E-state index in [2.05, 4.69) is 46.4 Å². The monoisotopic (exact) mass is 297 g/mol. The normalized spacial score (nSPS) is 24.9. The van der Waals surface area contributed by atoms with Gasteiger partial charge in [-0.25, -0.2) is 0 Å². The molecule has 2 rings (SSSR count). The van der Waals surface area contributed by atoms with Crippen LogP contribution in [-0.2, 0) is 6.54 Å². The average molecular weight is 298 g/mol. The molecule has 2 unspecified atom stereocenters. The summed E-state index contributed by atoms with van der Waals surface area (Å²) in [4.78, 5) is 0. The zero-order chi connectivity index (χ0) is 12.3. The number of rotatable bonds is 3. The quantitative estimate of drug-likeness (QED) is 0.898. The molecule has 0 amide bonds. The van der Waals surface area contributed by atoms with Crippen LogP contribution in [0.4, 0.5) is 0 Å². The Labute approximate surface area is 112 Å². The van der Waals surface area contributed by atoms with Crippen LogP contribution in [0.15, 0.2) is 22.7 Å². The fraction of sp³-hybridized carbons (Fsp3) is 0.571. The number of aliphatic hydroxyl groups excluding tert-OH is 1. The summed E-state index contributed by atoms with van der Waals surface area (Å²) < 4.78 is 1.17. The van der Waals surface area contributed by atoms with Gasteiger partial charge in [0.15, 0.2) is 0 Å². The Morgan fingerprint density at radius 1 is 1.41 bits per heavy atom. The number of hydrogen-bond acceptors (Lipinski definition) is 2. The van der Waals surface area contributed by atoms with Gasteiger partial charge in [-0.15, -0.1) is 0 Å². The Bertz CT molecular complexity index is 380. The van der Waals surface area contributed by atoms with Crippen molar-refractivity contribution < 1.29 is 5.11 Å². The molecule has 17 heavy (non-hydrogen) atoms. The van der Waals surface area contributed by atoms with Gasteiger partial charge in [-0.1, -0.05) is 28.1 Å². The van der Waals surface area contributed by atoms with E-state index in [0.717, 1.165) is 25.8 Å². The fourth-order valence-corrected chi connectivity index (χ4v) is 3.03. The van der Waals surface area contributed by atoms with E-state index in [4.69, 9.17) is 0 Å². The lowest BCUT2D eigenvalue weighted by Crippen LogP contribution is -2.35. The third kappa shape index (κ3) is 3.80. The average Bonchev–Trinajstić information content (AvgIpc) is 2.28. The SMILES string of the molecule is Cc1ccc(CNC2CCCC(O)C2)c(Br)c1. The topological polar surface area (TPSA) is 32.3 Å².